The Hall–Kier alpha value is -8.27. The lowest BCUT2D eigenvalue weighted by atomic mass is 10.2. The van der Waals surface area contributed by atoms with Gasteiger partial charge in [-0.05, 0) is 51.1 Å². The van der Waals surface area contributed by atoms with Gasteiger partial charge in [-0.3, -0.25) is 29.1 Å². The van der Waals surface area contributed by atoms with E-state index in [0.29, 0.717) is 50.8 Å². The van der Waals surface area contributed by atoms with Gasteiger partial charge >= 0.3 is 0 Å². The first-order valence-corrected chi connectivity index (χ1v) is 20.5. The van der Waals surface area contributed by atoms with E-state index in [4.69, 9.17) is 0 Å². The highest BCUT2D eigenvalue weighted by molar-refractivity contribution is 7.17. The molecule has 22 heteroatoms. The maximum absolute atomic E-state index is 11.2. The Kier molecular flexibility index (Phi) is 15.5. The lowest BCUT2D eigenvalue weighted by Crippen LogP contribution is -2.04. The maximum Gasteiger partial charge on any atom is 0.183 e. The monoisotopic (exact) mass is 910 g/mol. The Bertz CT molecular complexity index is 2890. The number of nitrogens with one attached hydrogen (secondary N) is 2. The number of H-pyrrole nitrogens is 2. The molecule has 0 bridgehead atoms. The van der Waals surface area contributed by atoms with Crippen LogP contribution in [0.2, 0.25) is 0 Å². The normalized spacial score (nSPS) is 10.5. The second-order valence-electron chi connectivity index (χ2n) is 14.4. The molecule has 10 aromatic heterocycles. The zero-order valence-corrected chi connectivity index (χ0v) is 37.8. The van der Waals surface area contributed by atoms with Gasteiger partial charge in [0.05, 0.1) is 38.8 Å². The van der Waals surface area contributed by atoms with Crippen molar-refractivity contribution in [1.82, 2.24) is 79.0 Å². The molecular weight excluding hydrogens is 865 g/mol. The number of Topliss-reactive ketones (excluding diaryl/α,β-unsaturated/α-hetero) is 5. The molecule has 10 rings (SSSR count). The van der Waals surface area contributed by atoms with E-state index in [1.807, 2.05) is 50.6 Å². The van der Waals surface area contributed by atoms with Gasteiger partial charge in [0.15, 0.2) is 45.9 Å². The molecule has 0 aliphatic rings. The molecular formula is C44H46N16O5S. The Labute approximate surface area is 380 Å². The summed E-state index contributed by atoms with van der Waals surface area (Å²) < 4.78 is 4.35. The largest absolute Gasteiger partial charge is 0.358 e. The predicted molar refractivity (Wildman–Crippen MR) is 247 cm³/mol. The lowest BCUT2D eigenvalue weighted by Gasteiger charge is -1.98. The fraction of sp³-hybridized carbons (Fsp3) is 0.250. The molecule has 0 fully saturated rings. The highest BCUT2D eigenvalue weighted by Gasteiger charge is 2.14. The summed E-state index contributed by atoms with van der Waals surface area (Å²) in [5.74, 6) is -0.309. The molecule has 0 aromatic carbocycles. The third kappa shape index (κ3) is 10.4. The van der Waals surface area contributed by atoms with Gasteiger partial charge in [0.2, 0.25) is 0 Å². The number of fused-ring (bicyclic) bond motifs is 5. The number of thiophene rings is 1. The number of aryl methyl sites for hydroxylation is 5. The van der Waals surface area contributed by atoms with Gasteiger partial charge in [0.1, 0.15) is 59.1 Å². The Morgan fingerprint density at radius 1 is 0.545 bits per heavy atom. The third-order valence-corrected chi connectivity index (χ3v) is 10.5. The topological polar surface area (TPSA) is 280 Å². The van der Waals surface area contributed by atoms with Crippen LogP contribution < -0.4 is 0 Å². The molecule has 0 amide bonds. The van der Waals surface area contributed by atoms with Crippen LogP contribution in [0.3, 0.4) is 0 Å². The average Bonchev–Trinajstić information content (AvgIpc) is 4.14. The minimum atomic E-state index is -0.0991. The van der Waals surface area contributed by atoms with E-state index in [0.717, 1.165) is 49.5 Å². The van der Waals surface area contributed by atoms with Crippen molar-refractivity contribution in [2.75, 3.05) is 0 Å². The van der Waals surface area contributed by atoms with Crippen LogP contribution in [0.4, 0.5) is 0 Å². The van der Waals surface area contributed by atoms with E-state index in [1.165, 1.54) is 71.3 Å². The summed E-state index contributed by atoms with van der Waals surface area (Å²) in [6.45, 7) is 17.0. The zero-order valence-electron chi connectivity index (χ0n) is 37.0. The number of rotatable bonds is 5. The van der Waals surface area contributed by atoms with Crippen molar-refractivity contribution in [1.29, 1.82) is 0 Å². The molecule has 0 saturated carbocycles. The highest BCUT2D eigenvalue weighted by atomic mass is 32.1. The zero-order chi connectivity index (χ0) is 47.1. The molecule has 10 aromatic rings. The first-order valence-electron chi connectivity index (χ1n) is 19.6. The summed E-state index contributed by atoms with van der Waals surface area (Å²) in [4.78, 5) is 98.8. The first kappa shape index (κ1) is 48.8. The molecule has 0 aliphatic heterocycles. The van der Waals surface area contributed by atoms with Crippen LogP contribution in [-0.4, -0.2) is 108 Å². The van der Waals surface area contributed by atoms with Crippen LogP contribution in [0, 0.1) is 34.6 Å². The van der Waals surface area contributed by atoms with Crippen LogP contribution in [-0.2, 0) is 0 Å². The standard InChI is InChI=1S/2C9H9N3O.C9H8N2OS.2C8H8N4O.CH4/c1-5-3-10-9-7(5)11-4-12-8(9)6(2)13;1-6-5-11-9-8(7(2)13)10-3-4-12(6)9;1-5-3-13-9-7(5)10-4-11-8(9)6(2)12;1-5-3-9-8-7(6(2)13)10-4-11-12(5)8;1-4-6-8(12-11-4)7(5(2)13)10-3-9-6;/h3-4,10H,1-2H3;3-5H,1-2H3;2*3-4H,1-2H3;3H,1-2H3,(H,11,12);1H4. The van der Waals surface area contributed by atoms with Crippen molar-refractivity contribution >= 4 is 83.8 Å². The number of ketones is 5. The second kappa shape index (κ2) is 20.9. The highest BCUT2D eigenvalue weighted by Crippen LogP contribution is 2.25. The first-order chi connectivity index (χ1) is 31.0. The molecule has 338 valence electrons. The molecule has 0 unspecified atom stereocenters. The van der Waals surface area contributed by atoms with Gasteiger partial charge in [-0.2, -0.15) is 10.2 Å². The third-order valence-electron chi connectivity index (χ3n) is 9.45. The number of carbonyl (C=O) groups excluding carboxylic acids is 5. The van der Waals surface area contributed by atoms with Gasteiger partial charge in [0.25, 0.3) is 0 Å². The van der Waals surface area contributed by atoms with Crippen molar-refractivity contribution in [3.8, 4) is 0 Å². The summed E-state index contributed by atoms with van der Waals surface area (Å²) in [5.41, 5.74) is 11.9. The molecule has 66 heavy (non-hydrogen) atoms. The molecule has 2 N–H and O–H groups in total. The molecule has 0 saturated heterocycles. The second-order valence-corrected chi connectivity index (χ2v) is 15.3. The Balaban J connectivity index is 0.000000154. The minimum Gasteiger partial charge on any atom is -0.358 e. The molecule has 0 atom stereocenters. The summed E-state index contributed by atoms with van der Waals surface area (Å²) in [6, 6.07) is 0. The van der Waals surface area contributed by atoms with E-state index in [2.05, 4.69) is 70.1 Å². The number of nitrogens with zero attached hydrogens (tertiary/aromatic N) is 14. The van der Waals surface area contributed by atoms with Gasteiger partial charge in [-0.25, -0.2) is 54.4 Å². The minimum absolute atomic E-state index is 0. The molecule has 21 nitrogen and oxygen atoms in total. The Morgan fingerprint density at radius 2 is 1.09 bits per heavy atom. The smallest absolute Gasteiger partial charge is 0.183 e. The van der Waals surface area contributed by atoms with E-state index in [-0.39, 0.29) is 36.3 Å². The van der Waals surface area contributed by atoms with Gasteiger partial charge in [0, 0.05) is 65.1 Å². The van der Waals surface area contributed by atoms with E-state index < -0.39 is 0 Å². The van der Waals surface area contributed by atoms with E-state index in [9.17, 15) is 24.0 Å². The summed E-state index contributed by atoms with van der Waals surface area (Å²) in [7, 11) is 0. The number of aromatic amines is 2. The molecule has 0 aliphatic carbocycles. The van der Waals surface area contributed by atoms with Crippen LogP contribution in [0.1, 0.15) is 123 Å². The fourth-order valence-electron chi connectivity index (χ4n) is 6.24. The predicted octanol–water partition coefficient (Wildman–Crippen LogP) is 7.05. The average molecular weight is 911 g/mol. The summed E-state index contributed by atoms with van der Waals surface area (Å²) >= 11 is 1.52. The SMILES string of the molecule is C.CC(=O)c1nccn2c(C)cnc12.CC(=O)c1ncnc2c(C)[nH]nc12.CC(=O)c1ncnc2c(C)c[nH]c12.CC(=O)c1ncnc2c(C)csc12.CC(=O)c1ncnn2c(C)cnc12. The van der Waals surface area contributed by atoms with Crippen molar-refractivity contribution in [2.24, 2.45) is 0 Å². The fourth-order valence-corrected chi connectivity index (χ4v) is 7.28. The number of aromatic nitrogens is 16. The van der Waals surface area contributed by atoms with Crippen LogP contribution in [0.25, 0.3) is 43.6 Å². The van der Waals surface area contributed by atoms with Crippen molar-refractivity contribution in [3.63, 3.8) is 0 Å². The van der Waals surface area contributed by atoms with E-state index in [1.54, 1.807) is 29.3 Å². The molecule has 0 radical (unpaired) electrons. The lowest BCUT2D eigenvalue weighted by molar-refractivity contribution is 0.100. The number of carbonyl (C=O) groups is 5. The van der Waals surface area contributed by atoms with Crippen molar-refractivity contribution < 1.29 is 24.0 Å². The van der Waals surface area contributed by atoms with Gasteiger partial charge in [-0.1, -0.05) is 7.43 Å². The number of imidazole rings is 2. The summed E-state index contributed by atoms with van der Waals surface area (Å²) in [5, 5.41) is 12.7. The van der Waals surface area contributed by atoms with Crippen molar-refractivity contribution in [2.45, 2.75) is 76.7 Å². The Morgan fingerprint density at radius 3 is 1.74 bits per heavy atom. The van der Waals surface area contributed by atoms with E-state index >= 15 is 0 Å². The quantitative estimate of drug-likeness (QED) is 0.164. The van der Waals surface area contributed by atoms with Crippen molar-refractivity contribution in [3.05, 3.63) is 118 Å². The van der Waals surface area contributed by atoms with Gasteiger partial charge < -0.3 is 9.38 Å². The number of hydrogen-bond acceptors (Lipinski definition) is 18. The maximum atomic E-state index is 11.2. The summed E-state index contributed by atoms with van der Waals surface area (Å²) in [6.07, 6.45) is 14.2. The van der Waals surface area contributed by atoms with Crippen LogP contribution in [0.5, 0.6) is 0 Å². The molecule has 10 heterocycles. The van der Waals surface area contributed by atoms with Crippen LogP contribution >= 0.6 is 11.3 Å². The molecule has 0 spiro atoms. The van der Waals surface area contributed by atoms with Gasteiger partial charge in [-0.15, -0.1) is 11.3 Å². The van der Waals surface area contributed by atoms with Crippen LogP contribution in [0.15, 0.2) is 61.7 Å². The number of hydrogen-bond donors (Lipinski definition) is 2.